The number of aromatic nitrogens is 2. The van der Waals surface area contributed by atoms with Gasteiger partial charge in [-0.25, -0.2) is 0 Å². The zero-order valence-corrected chi connectivity index (χ0v) is 13.2. The van der Waals surface area contributed by atoms with Crippen molar-refractivity contribution < 1.29 is 14.8 Å². The zero-order chi connectivity index (χ0) is 14.8. The molecule has 0 fully saturated rings. The van der Waals surface area contributed by atoms with E-state index in [2.05, 4.69) is 24.6 Å². The monoisotopic (exact) mass is 292 g/mol. The molecule has 0 aliphatic rings. The van der Waals surface area contributed by atoms with Crippen molar-refractivity contribution in [3.05, 3.63) is 24.5 Å². The highest BCUT2D eigenvalue weighted by Gasteiger charge is 2.19. The van der Waals surface area contributed by atoms with Crippen LogP contribution in [-0.2, 0) is 11.5 Å². The molecule has 0 amide bonds. The predicted octanol–water partition coefficient (Wildman–Crippen LogP) is 1.03. The summed E-state index contributed by atoms with van der Waals surface area (Å²) in [6.07, 6.45) is 3.40. The number of fused-ring (bicyclic) bond motifs is 1. The minimum absolute atomic E-state index is 0.312. The summed E-state index contributed by atoms with van der Waals surface area (Å²) >= 11 is 0. The van der Waals surface area contributed by atoms with Crippen LogP contribution in [0.4, 0.5) is 0 Å². The standard InChI is InChI=1S/C13H21BN2O3Si/c1-20(2,3)7-6-19-10-16-12-9-15-5-4-11(12)8-13(16)14(17)18/h4-5,8-9,17-18H,6-7,10H2,1-3H3. The van der Waals surface area contributed by atoms with Gasteiger partial charge in [0, 0.05) is 26.3 Å². The molecule has 5 nitrogen and oxygen atoms in total. The van der Waals surface area contributed by atoms with E-state index >= 15 is 0 Å². The quantitative estimate of drug-likeness (QED) is 0.616. The summed E-state index contributed by atoms with van der Waals surface area (Å²) in [5, 5.41) is 19.8. The van der Waals surface area contributed by atoms with Gasteiger partial charge in [0.05, 0.1) is 17.3 Å². The fourth-order valence-corrected chi connectivity index (χ4v) is 2.77. The van der Waals surface area contributed by atoms with Crippen molar-refractivity contribution in [2.45, 2.75) is 32.4 Å². The summed E-state index contributed by atoms with van der Waals surface area (Å²) < 4.78 is 7.46. The van der Waals surface area contributed by atoms with Crippen LogP contribution in [0.3, 0.4) is 0 Å². The highest BCUT2D eigenvalue weighted by Crippen LogP contribution is 2.13. The molecule has 0 bridgehead atoms. The second-order valence-corrected chi connectivity index (χ2v) is 11.8. The largest absolute Gasteiger partial charge is 0.506 e. The Hall–Kier alpha value is -1.15. The van der Waals surface area contributed by atoms with Gasteiger partial charge in [-0.05, 0) is 18.2 Å². The highest BCUT2D eigenvalue weighted by atomic mass is 28.3. The normalized spacial score (nSPS) is 12.1. The van der Waals surface area contributed by atoms with E-state index in [1.165, 1.54) is 0 Å². The number of nitrogens with zero attached hydrogens (tertiary/aromatic N) is 2. The topological polar surface area (TPSA) is 67.5 Å². The van der Waals surface area contributed by atoms with Gasteiger partial charge in [0.25, 0.3) is 0 Å². The molecule has 0 atom stereocenters. The third kappa shape index (κ3) is 3.70. The molecule has 2 aromatic rings. The van der Waals surface area contributed by atoms with Crippen LogP contribution in [0.25, 0.3) is 10.9 Å². The SMILES string of the molecule is C[Si](C)(C)CCOCn1c(B(O)O)cc2ccncc21. The molecule has 2 N–H and O–H groups in total. The first-order valence-electron chi connectivity index (χ1n) is 6.75. The summed E-state index contributed by atoms with van der Waals surface area (Å²) in [5.74, 6) is 0. The molecule has 2 aromatic heterocycles. The lowest BCUT2D eigenvalue weighted by Gasteiger charge is -2.16. The molecule has 0 unspecified atom stereocenters. The van der Waals surface area contributed by atoms with Gasteiger partial charge >= 0.3 is 7.12 Å². The van der Waals surface area contributed by atoms with E-state index < -0.39 is 15.2 Å². The van der Waals surface area contributed by atoms with Crippen molar-refractivity contribution in [2.75, 3.05) is 6.61 Å². The van der Waals surface area contributed by atoms with Gasteiger partial charge in [-0.1, -0.05) is 19.6 Å². The van der Waals surface area contributed by atoms with Crippen LogP contribution in [0.2, 0.25) is 25.7 Å². The number of hydrogen-bond acceptors (Lipinski definition) is 4. The summed E-state index contributed by atoms with van der Waals surface area (Å²) in [6, 6.07) is 4.69. The van der Waals surface area contributed by atoms with Crippen molar-refractivity contribution in [3.63, 3.8) is 0 Å². The van der Waals surface area contributed by atoms with Gasteiger partial charge in [0.1, 0.15) is 6.73 Å². The predicted molar refractivity (Wildman–Crippen MR) is 83.7 cm³/mol. The van der Waals surface area contributed by atoms with Crippen LogP contribution >= 0.6 is 0 Å². The lowest BCUT2D eigenvalue weighted by atomic mass is 9.86. The molecule has 7 heteroatoms. The molecular formula is C13H21BN2O3Si. The van der Waals surface area contributed by atoms with E-state index in [0.29, 0.717) is 18.9 Å². The Morgan fingerprint density at radius 3 is 2.75 bits per heavy atom. The maximum absolute atomic E-state index is 9.46. The van der Waals surface area contributed by atoms with Gasteiger partial charge in [0.15, 0.2) is 0 Å². The van der Waals surface area contributed by atoms with Crippen molar-refractivity contribution in [1.29, 1.82) is 0 Å². The molecular weight excluding hydrogens is 271 g/mol. The van der Waals surface area contributed by atoms with Crippen LogP contribution < -0.4 is 5.59 Å². The first kappa shape index (κ1) is 15.2. The van der Waals surface area contributed by atoms with Gasteiger partial charge < -0.3 is 19.4 Å². The number of pyridine rings is 1. The molecule has 2 rings (SSSR count). The fourth-order valence-electron chi connectivity index (χ4n) is 2.01. The van der Waals surface area contributed by atoms with Gasteiger partial charge in [-0.3, -0.25) is 4.98 Å². The Balaban J connectivity index is 2.13. The average Bonchev–Trinajstić information content (AvgIpc) is 2.72. The lowest BCUT2D eigenvalue weighted by molar-refractivity contribution is 0.0915. The second kappa shape index (κ2) is 6.09. The maximum Gasteiger partial charge on any atom is 0.506 e. The van der Waals surface area contributed by atoms with Crippen LogP contribution in [0.5, 0.6) is 0 Å². The molecule has 2 heterocycles. The molecule has 108 valence electrons. The maximum atomic E-state index is 9.46. The van der Waals surface area contributed by atoms with E-state index in [0.717, 1.165) is 16.9 Å². The summed E-state index contributed by atoms with van der Waals surface area (Å²) in [7, 11) is -2.62. The summed E-state index contributed by atoms with van der Waals surface area (Å²) in [4.78, 5) is 4.08. The Bertz CT molecular complexity index is 580. The van der Waals surface area contributed by atoms with Crippen molar-refractivity contribution in [3.8, 4) is 0 Å². The summed E-state index contributed by atoms with van der Waals surface area (Å²) in [5.41, 5.74) is 1.28. The van der Waals surface area contributed by atoms with E-state index in [4.69, 9.17) is 4.74 Å². The smallest absolute Gasteiger partial charge is 0.422 e. The summed E-state index contributed by atoms with van der Waals surface area (Å²) in [6.45, 7) is 7.90. The first-order valence-corrected chi connectivity index (χ1v) is 10.5. The fraction of sp³-hybridized carbons (Fsp3) is 0.462. The van der Waals surface area contributed by atoms with Crippen LogP contribution in [0, 0.1) is 0 Å². The number of hydrogen-bond donors (Lipinski definition) is 2. The molecule has 20 heavy (non-hydrogen) atoms. The van der Waals surface area contributed by atoms with Crippen LogP contribution in [0.1, 0.15) is 0 Å². The van der Waals surface area contributed by atoms with Gasteiger partial charge in [-0.2, -0.15) is 0 Å². The van der Waals surface area contributed by atoms with Gasteiger partial charge in [-0.15, -0.1) is 0 Å². The molecule has 0 aromatic carbocycles. The minimum atomic E-state index is -1.51. The minimum Gasteiger partial charge on any atom is -0.422 e. The average molecular weight is 292 g/mol. The first-order chi connectivity index (χ1) is 9.38. The van der Waals surface area contributed by atoms with Crippen LogP contribution in [-0.4, -0.2) is 41.4 Å². The van der Waals surface area contributed by atoms with E-state index in [9.17, 15) is 10.0 Å². The highest BCUT2D eigenvalue weighted by molar-refractivity contribution is 6.76. The van der Waals surface area contributed by atoms with Crippen LogP contribution in [0.15, 0.2) is 24.5 Å². The second-order valence-electron chi connectivity index (χ2n) is 6.15. The van der Waals surface area contributed by atoms with E-state index in [1.54, 1.807) is 23.0 Å². The van der Waals surface area contributed by atoms with Crippen molar-refractivity contribution >= 4 is 31.7 Å². The Labute approximate surface area is 120 Å². The molecule has 0 radical (unpaired) electrons. The van der Waals surface area contributed by atoms with E-state index in [1.807, 2.05) is 6.07 Å². The third-order valence-corrected chi connectivity index (χ3v) is 4.92. The Morgan fingerprint density at radius 2 is 2.10 bits per heavy atom. The molecule has 0 saturated heterocycles. The third-order valence-electron chi connectivity index (χ3n) is 3.22. The van der Waals surface area contributed by atoms with Crippen molar-refractivity contribution in [2.24, 2.45) is 0 Å². The molecule has 0 saturated carbocycles. The van der Waals surface area contributed by atoms with Crippen molar-refractivity contribution in [1.82, 2.24) is 9.55 Å². The van der Waals surface area contributed by atoms with E-state index in [-0.39, 0.29) is 0 Å². The number of ether oxygens (including phenoxy) is 1. The Morgan fingerprint density at radius 1 is 1.35 bits per heavy atom. The number of rotatable bonds is 6. The molecule has 0 aliphatic carbocycles. The van der Waals surface area contributed by atoms with Gasteiger partial charge in [0.2, 0.25) is 0 Å². The lowest BCUT2D eigenvalue weighted by Crippen LogP contribution is -2.36. The Kier molecular flexibility index (Phi) is 4.64. The molecule has 0 aliphatic heterocycles. The zero-order valence-electron chi connectivity index (χ0n) is 12.2. The molecule has 0 spiro atoms.